The fourth-order valence-electron chi connectivity index (χ4n) is 2.50. The van der Waals surface area contributed by atoms with Crippen molar-refractivity contribution in [1.29, 1.82) is 0 Å². The largest absolute Gasteiger partial charge is 0.373 e. The number of nitrogens with zero attached hydrogens (tertiary/aromatic N) is 3. The molecule has 0 spiro atoms. The summed E-state index contributed by atoms with van der Waals surface area (Å²) < 4.78 is 0. The lowest BCUT2D eigenvalue weighted by atomic mass is 10.0. The minimum absolute atomic E-state index is 0.250. The first kappa shape index (κ1) is 16.5. The third-order valence-electron chi connectivity index (χ3n) is 3.75. The molecular formula is C20H19N5. The summed E-state index contributed by atoms with van der Waals surface area (Å²) in [7, 11) is 1.83. The lowest BCUT2D eigenvalue weighted by Crippen LogP contribution is -2.03. The number of hydrogen-bond donors (Lipinski definition) is 2. The number of aromatic nitrogens is 3. The molecule has 0 saturated heterocycles. The quantitative estimate of drug-likeness (QED) is 0.706. The van der Waals surface area contributed by atoms with Crippen molar-refractivity contribution in [3.05, 3.63) is 65.0 Å². The fraction of sp³-hybridized carbons (Fsp3) is 0.150. The predicted octanol–water partition coefficient (Wildman–Crippen LogP) is 3.18. The topological polar surface area (TPSA) is 76.7 Å². The maximum atomic E-state index is 5.86. The standard InChI is InChI=1S/C20H19N5/c1-13-5-4-6-16(11-13)19-17(14(2)24-20(21)25-19)9-7-15-8-10-18(22-3)23-12-15/h4-6,8,10-12H,1-3H3,(H,22,23)(H2,21,24,25). The van der Waals surface area contributed by atoms with E-state index in [0.717, 1.165) is 39.5 Å². The van der Waals surface area contributed by atoms with Gasteiger partial charge in [0.1, 0.15) is 5.82 Å². The van der Waals surface area contributed by atoms with Gasteiger partial charge in [-0.2, -0.15) is 0 Å². The molecule has 0 radical (unpaired) electrons. The summed E-state index contributed by atoms with van der Waals surface area (Å²) in [5, 5.41) is 2.99. The highest BCUT2D eigenvalue weighted by molar-refractivity contribution is 5.70. The van der Waals surface area contributed by atoms with Crippen molar-refractivity contribution in [3.8, 4) is 23.1 Å². The van der Waals surface area contributed by atoms with Crippen LogP contribution in [0.3, 0.4) is 0 Å². The molecule has 5 nitrogen and oxygen atoms in total. The molecule has 0 saturated carbocycles. The van der Waals surface area contributed by atoms with Gasteiger partial charge in [0, 0.05) is 24.4 Å². The van der Waals surface area contributed by atoms with Gasteiger partial charge >= 0.3 is 0 Å². The Kier molecular flexibility index (Phi) is 4.62. The second kappa shape index (κ2) is 7.02. The molecular weight excluding hydrogens is 310 g/mol. The third-order valence-corrected chi connectivity index (χ3v) is 3.75. The molecule has 0 aliphatic heterocycles. The van der Waals surface area contributed by atoms with Crippen molar-refractivity contribution in [2.75, 3.05) is 18.1 Å². The average Bonchev–Trinajstić information content (AvgIpc) is 2.61. The minimum Gasteiger partial charge on any atom is -0.373 e. The van der Waals surface area contributed by atoms with Crippen LogP contribution < -0.4 is 11.1 Å². The molecule has 0 atom stereocenters. The van der Waals surface area contributed by atoms with Gasteiger partial charge in [-0.15, -0.1) is 0 Å². The number of anilines is 2. The highest BCUT2D eigenvalue weighted by atomic mass is 15.0. The molecule has 3 aromatic rings. The molecule has 124 valence electrons. The van der Waals surface area contributed by atoms with E-state index in [9.17, 15) is 0 Å². The van der Waals surface area contributed by atoms with E-state index in [4.69, 9.17) is 5.73 Å². The van der Waals surface area contributed by atoms with Crippen LogP contribution in [0.4, 0.5) is 11.8 Å². The molecule has 3 N–H and O–H groups in total. The molecule has 0 aliphatic carbocycles. The Morgan fingerprint density at radius 1 is 1.04 bits per heavy atom. The lowest BCUT2D eigenvalue weighted by Gasteiger charge is -2.08. The number of hydrogen-bond acceptors (Lipinski definition) is 5. The highest BCUT2D eigenvalue weighted by Crippen LogP contribution is 2.24. The van der Waals surface area contributed by atoms with Crippen LogP contribution in [-0.2, 0) is 0 Å². The summed E-state index contributed by atoms with van der Waals surface area (Å²) in [5.41, 5.74) is 11.1. The van der Waals surface area contributed by atoms with E-state index in [1.165, 1.54) is 0 Å². The Hall–Kier alpha value is -3.39. The number of rotatable bonds is 2. The molecule has 0 unspecified atom stereocenters. The number of pyridine rings is 1. The first-order valence-corrected chi connectivity index (χ1v) is 7.94. The number of nitrogen functional groups attached to an aromatic ring is 1. The number of benzene rings is 1. The second-order valence-corrected chi connectivity index (χ2v) is 5.69. The number of nitrogens with two attached hydrogens (primary N) is 1. The van der Waals surface area contributed by atoms with Crippen LogP contribution >= 0.6 is 0 Å². The van der Waals surface area contributed by atoms with Gasteiger partial charge in [-0.25, -0.2) is 15.0 Å². The molecule has 0 amide bonds. The van der Waals surface area contributed by atoms with Gasteiger partial charge in [-0.3, -0.25) is 0 Å². The zero-order valence-electron chi connectivity index (χ0n) is 14.5. The van der Waals surface area contributed by atoms with Crippen molar-refractivity contribution in [2.45, 2.75) is 13.8 Å². The van der Waals surface area contributed by atoms with E-state index < -0.39 is 0 Å². The van der Waals surface area contributed by atoms with E-state index in [2.05, 4.69) is 38.2 Å². The van der Waals surface area contributed by atoms with Crippen molar-refractivity contribution in [2.24, 2.45) is 0 Å². The number of nitrogens with one attached hydrogen (secondary N) is 1. The van der Waals surface area contributed by atoms with Gasteiger partial charge in [0.2, 0.25) is 5.95 Å². The smallest absolute Gasteiger partial charge is 0.220 e. The van der Waals surface area contributed by atoms with E-state index in [1.54, 1.807) is 6.20 Å². The zero-order chi connectivity index (χ0) is 17.8. The Morgan fingerprint density at radius 2 is 1.88 bits per heavy atom. The van der Waals surface area contributed by atoms with Gasteiger partial charge in [0.15, 0.2) is 0 Å². The minimum atomic E-state index is 0.250. The van der Waals surface area contributed by atoms with Gasteiger partial charge < -0.3 is 11.1 Å². The Labute approximate surface area is 147 Å². The van der Waals surface area contributed by atoms with Gasteiger partial charge in [-0.1, -0.05) is 35.6 Å². The van der Waals surface area contributed by atoms with Gasteiger partial charge in [-0.05, 0) is 32.0 Å². The molecule has 0 bridgehead atoms. The Bertz CT molecular complexity index is 966. The molecule has 2 heterocycles. The number of aryl methyl sites for hydroxylation is 2. The van der Waals surface area contributed by atoms with Crippen LogP contribution in [-0.4, -0.2) is 22.0 Å². The summed E-state index contributed by atoms with van der Waals surface area (Å²) in [6, 6.07) is 11.9. The SMILES string of the molecule is CNc1ccc(C#Cc2c(C)nc(N)nc2-c2cccc(C)c2)cn1. The molecule has 1 aromatic carbocycles. The van der Waals surface area contributed by atoms with Crippen LogP contribution in [0.2, 0.25) is 0 Å². The van der Waals surface area contributed by atoms with E-state index in [0.29, 0.717) is 0 Å². The molecule has 0 fully saturated rings. The van der Waals surface area contributed by atoms with Crippen LogP contribution in [0.25, 0.3) is 11.3 Å². The van der Waals surface area contributed by atoms with Crippen LogP contribution in [0.15, 0.2) is 42.6 Å². The van der Waals surface area contributed by atoms with Crippen molar-refractivity contribution in [1.82, 2.24) is 15.0 Å². The molecule has 3 rings (SSSR count). The summed E-state index contributed by atoms with van der Waals surface area (Å²) in [5.74, 6) is 7.38. The van der Waals surface area contributed by atoms with E-state index in [1.807, 2.05) is 51.2 Å². The van der Waals surface area contributed by atoms with Crippen LogP contribution in [0.5, 0.6) is 0 Å². The monoisotopic (exact) mass is 329 g/mol. The van der Waals surface area contributed by atoms with E-state index >= 15 is 0 Å². The maximum Gasteiger partial charge on any atom is 0.220 e. The summed E-state index contributed by atoms with van der Waals surface area (Å²) in [6.07, 6.45) is 1.73. The van der Waals surface area contributed by atoms with Crippen molar-refractivity contribution >= 4 is 11.8 Å². The first-order valence-electron chi connectivity index (χ1n) is 7.94. The Morgan fingerprint density at radius 3 is 2.56 bits per heavy atom. The summed E-state index contributed by atoms with van der Waals surface area (Å²) >= 11 is 0. The maximum absolute atomic E-state index is 5.86. The molecule has 2 aromatic heterocycles. The van der Waals surface area contributed by atoms with Gasteiger partial charge in [0.25, 0.3) is 0 Å². The van der Waals surface area contributed by atoms with Crippen LogP contribution in [0, 0.1) is 25.7 Å². The highest BCUT2D eigenvalue weighted by Gasteiger charge is 2.11. The zero-order valence-corrected chi connectivity index (χ0v) is 14.5. The summed E-state index contributed by atoms with van der Waals surface area (Å²) in [4.78, 5) is 13.0. The predicted molar refractivity (Wildman–Crippen MR) is 101 cm³/mol. The Balaban J connectivity index is 2.08. The first-order chi connectivity index (χ1) is 12.1. The molecule has 25 heavy (non-hydrogen) atoms. The second-order valence-electron chi connectivity index (χ2n) is 5.69. The summed E-state index contributed by atoms with van der Waals surface area (Å²) in [6.45, 7) is 3.94. The fourth-order valence-corrected chi connectivity index (χ4v) is 2.50. The molecule has 5 heteroatoms. The average molecular weight is 329 g/mol. The van der Waals surface area contributed by atoms with Crippen molar-refractivity contribution in [3.63, 3.8) is 0 Å². The normalized spacial score (nSPS) is 10.0. The van der Waals surface area contributed by atoms with Crippen molar-refractivity contribution < 1.29 is 0 Å². The van der Waals surface area contributed by atoms with Crippen LogP contribution in [0.1, 0.15) is 22.4 Å². The van der Waals surface area contributed by atoms with E-state index in [-0.39, 0.29) is 5.95 Å². The third kappa shape index (κ3) is 3.75. The molecule has 0 aliphatic rings. The van der Waals surface area contributed by atoms with Gasteiger partial charge in [0.05, 0.1) is 17.0 Å². The lowest BCUT2D eigenvalue weighted by molar-refractivity contribution is 1.11.